The van der Waals surface area contributed by atoms with E-state index in [9.17, 15) is 0 Å². The smallest absolute Gasteiger partial charge is 0.161 e. The molecule has 21 heavy (non-hydrogen) atoms. The Morgan fingerprint density at radius 1 is 1.24 bits per heavy atom. The number of benzene rings is 1. The Balaban J connectivity index is 1.66. The van der Waals surface area contributed by atoms with Crippen LogP contribution in [-0.4, -0.2) is 21.1 Å². The number of rotatable bonds is 4. The normalized spacial score (nSPS) is 14.5. The first kappa shape index (κ1) is 12.7. The summed E-state index contributed by atoms with van der Waals surface area (Å²) in [6.45, 7) is 1.07. The maximum Gasteiger partial charge on any atom is 0.161 e. The third-order valence-corrected chi connectivity index (χ3v) is 4.00. The van der Waals surface area contributed by atoms with Gasteiger partial charge in [-0.3, -0.25) is 0 Å². The molecular weight excluding hydrogens is 284 g/mol. The fourth-order valence-electron chi connectivity index (χ4n) is 2.45. The second-order valence-corrected chi connectivity index (χ2v) is 5.87. The van der Waals surface area contributed by atoms with E-state index >= 15 is 0 Å². The zero-order valence-corrected chi connectivity index (χ0v) is 12.2. The van der Waals surface area contributed by atoms with E-state index in [4.69, 9.17) is 11.6 Å². The number of halogens is 1. The Bertz CT molecular complexity index is 775. The summed E-state index contributed by atoms with van der Waals surface area (Å²) < 4.78 is 1.71. The van der Waals surface area contributed by atoms with Crippen molar-refractivity contribution in [2.24, 2.45) is 5.92 Å². The van der Waals surface area contributed by atoms with Gasteiger partial charge in [0.2, 0.25) is 0 Å². The minimum atomic E-state index is 0.464. The molecule has 1 aliphatic rings. The molecular formula is C16H15ClN4. The summed E-state index contributed by atoms with van der Waals surface area (Å²) in [7, 11) is 0. The second-order valence-electron chi connectivity index (χ2n) is 5.48. The zero-order valence-electron chi connectivity index (χ0n) is 11.5. The quantitative estimate of drug-likeness (QED) is 0.795. The number of imidazole rings is 1. The van der Waals surface area contributed by atoms with Crippen molar-refractivity contribution in [1.29, 1.82) is 0 Å². The molecule has 4 rings (SSSR count). The highest BCUT2D eigenvalue weighted by Gasteiger charge is 2.20. The van der Waals surface area contributed by atoms with Crippen molar-refractivity contribution in [2.75, 3.05) is 11.9 Å². The number of hydrogen-bond acceptors (Lipinski definition) is 3. The molecule has 0 atom stereocenters. The Morgan fingerprint density at radius 3 is 2.81 bits per heavy atom. The van der Waals surface area contributed by atoms with E-state index in [2.05, 4.69) is 39.7 Å². The SMILES string of the molecule is Clc1cc(-c2ccc(NCC3CC3)cc2)c2nccn2n1. The van der Waals surface area contributed by atoms with Crippen LogP contribution in [0.1, 0.15) is 12.8 Å². The lowest BCUT2D eigenvalue weighted by Crippen LogP contribution is -2.02. The maximum atomic E-state index is 6.08. The van der Waals surface area contributed by atoms with Gasteiger partial charge in [0.15, 0.2) is 10.8 Å². The highest BCUT2D eigenvalue weighted by molar-refractivity contribution is 6.29. The summed E-state index contributed by atoms with van der Waals surface area (Å²) in [4.78, 5) is 4.35. The number of nitrogens with one attached hydrogen (secondary N) is 1. The first-order valence-electron chi connectivity index (χ1n) is 7.14. The molecule has 5 heteroatoms. The molecule has 1 aromatic carbocycles. The van der Waals surface area contributed by atoms with E-state index in [1.807, 2.05) is 6.07 Å². The minimum Gasteiger partial charge on any atom is -0.385 e. The van der Waals surface area contributed by atoms with Crippen LogP contribution in [0, 0.1) is 5.92 Å². The minimum absolute atomic E-state index is 0.464. The lowest BCUT2D eigenvalue weighted by atomic mass is 10.1. The van der Waals surface area contributed by atoms with Gasteiger partial charge in [-0.25, -0.2) is 9.50 Å². The lowest BCUT2D eigenvalue weighted by molar-refractivity contribution is 0.889. The van der Waals surface area contributed by atoms with Crippen molar-refractivity contribution in [3.63, 3.8) is 0 Å². The summed E-state index contributed by atoms with van der Waals surface area (Å²) in [5.74, 6) is 0.869. The molecule has 2 heterocycles. The molecule has 0 amide bonds. The van der Waals surface area contributed by atoms with E-state index < -0.39 is 0 Å². The van der Waals surface area contributed by atoms with Crippen molar-refractivity contribution in [3.8, 4) is 11.1 Å². The summed E-state index contributed by atoms with van der Waals surface area (Å²) in [6, 6.07) is 10.2. The van der Waals surface area contributed by atoms with Crippen molar-refractivity contribution < 1.29 is 0 Å². The topological polar surface area (TPSA) is 42.2 Å². The third-order valence-electron chi connectivity index (χ3n) is 3.82. The van der Waals surface area contributed by atoms with Gasteiger partial charge in [-0.05, 0) is 42.5 Å². The molecule has 4 nitrogen and oxygen atoms in total. The van der Waals surface area contributed by atoms with E-state index in [-0.39, 0.29) is 0 Å². The van der Waals surface area contributed by atoms with Crippen molar-refractivity contribution in [3.05, 3.63) is 47.9 Å². The number of hydrogen-bond donors (Lipinski definition) is 1. The van der Waals surface area contributed by atoms with Crippen LogP contribution in [0.15, 0.2) is 42.7 Å². The molecule has 1 N–H and O–H groups in total. The zero-order chi connectivity index (χ0) is 14.2. The van der Waals surface area contributed by atoms with Gasteiger partial charge in [-0.15, -0.1) is 0 Å². The summed E-state index contributed by atoms with van der Waals surface area (Å²) in [6.07, 6.45) is 6.25. The Kier molecular flexibility index (Phi) is 3.04. The van der Waals surface area contributed by atoms with Crippen LogP contribution >= 0.6 is 11.6 Å². The van der Waals surface area contributed by atoms with Crippen LogP contribution in [0.3, 0.4) is 0 Å². The van der Waals surface area contributed by atoms with Crippen LogP contribution in [0.4, 0.5) is 5.69 Å². The van der Waals surface area contributed by atoms with Gasteiger partial charge in [0.25, 0.3) is 0 Å². The molecule has 1 aliphatic carbocycles. The van der Waals surface area contributed by atoms with Gasteiger partial charge < -0.3 is 5.32 Å². The van der Waals surface area contributed by atoms with E-state index in [1.54, 1.807) is 16.9 Å². The van der Waals surface area contributed by atoms with Crippen molar-refractivity contribution >= 4 is 22.9 Å². The predicted octanol–water partition coefficient (Wildman–Crippen LogP) is 3.87. The number of fused-ring (bicyclic) bond motifs is 1. The molecule has 0 bridgehead atoms. The molecule has 3 aromatic rings. The average Bonchev–Trinajstić information content (AvgIpc) is 3.21. The summed E-state index contributed by atoms with van der Waals surface area (Å²) >= 11 is 6.08. The molecule has 0 unspecified atom stereocenters. The van der Waals surface area contributed by atoms with Gasteiger partial charge in [-0.2, -0.15) is 5.10 Å². The number of anilines is 1. The molecule has 1 saturated carbocycles. The van der Waals surface area contributed by atoms with Gasteiger partial charge in [-0.1, -0.05) is 23.7 Å². The van der Waals surface area contributed by atoms with Gasteiger partial charge >= 0.3 is 0 Å². The van der Waals surface area contributed by atoms with Crippen molar-refractivity contribution in [1.82, 2.24) is 14.6 Å². The highest BCUT2D eigenvalue weighted by Crippen LogP contribution is 2.30. The second kappa shape index (κ2) is 5.04. The molecule has 2 aromatic heterocycles. The van der Waals surface area contributed by atoms with E-state index in [0.29, 0.717) is 5.15 Å². The molecule has 1 fully saturated rings. The molecule has 0 saturated heterocycles. The average molecular weight is 299 g/mol. The monoisotopic (exact) mass is 298 g/mol. The maximum absolute atomic E-state index is 6.08. The summed E-state index contributed by atoms with van der Waals surface area (Å²) in [5.41, 5.74) is 4.06. The van der Waals surface area contributed by atoms with Gasteiger partial charge in [0, 0.05) is 30.2 Å². The number of aromatic nitrogens is 3. The highest BCUT2D eigenvalue weighted by atomic mass is 35.5. The van der Waals surface area contributed by atoms with Crippen LogP contribution in [0.25, 0.3) is 16.8 Å². The predicted molar refractivity (Wildman–Crippen MR) is 84.6 cm³/mol. The van der Waals surface area contributed by atoms with Crippen LogP contribution in [0.5, 0.6) is 0 Å². The standard InChI is InChI=1S/C16H15ClN4/c17-15-9-14(16-18-7-8-21(16)20-15)12-3-5-13(6-4-12)19-10-11-1-2-11/h3-9,11,19H,1-2,10H2. The Morgan fingerprint density at radius 2 is 2.05 bits per heavy atom. The Hall–Kier alpha value is -2.07. The van der Waals surface area contributed by atoms with Gasteiger partial charge in [0.1, 0.15) is 0 Å². The third kappa shape index (κ3) is 2.59. The van der Waals surface area contributed by atoms with Crippen molar-refractivity contribution in [2.45, 2.75) is 12.8 Å². The molecule has 0 aliphatic heterocycles. The first-order valence-corrected chi connectivity index (χ1v) is 7.51. The van der Waals surface area contributed by atoms with Crippen LogP contribution < -0.4 is 5.32 Å². The molecule has 0 spiro atoms. The fourth-order valence-corrected chi connectivity index (χ4v) is 2.64. The summed E-state index contributed by atoms with van der Waals surface area (Å²) in [5, 5.41) is 8.14. The van der Waals surface area contributed by atoms with E-state index in [0.717, 1.165) is 34.9 Å². The first-order chi connectivity index (χ1) is 10.3. The molecule has 106 valence electrons. The fraction of sp³-hybridized carbons (Fsp3) is 0.250. The molecule has 0 radical (unpaired) electrons. The van der Waals surface area contributed by atoms with Gasteiger partial charge in [0.05, 0.1) is 0 Å². The van der Waals surface area contributed by atoms with Crippen LogP contribution in [0.2, 0.25) is 5.15 Å². The van der Waals surface area contributed by atoms with E-state index in [1.165, 1.54) is 12.8 Å². The van der Waals surface area contributed by atoms with Crippen LogP contribution in [-0.2, 0) is 0 Å². The Labute approximate surface area is 127 Å². The lowest BCUT2D eigenvalue weighted by Gasteiger charge is -2.08. The number of nitrogens with zero attached hydrogens (tertiary/aromatic N) is 3. The largest absolute Gasteiger partial charge is 0.385 e.